The summed E-state index contributed by atoms with van der Waals surface area (Å²) >= 11 is -6.17. The zero-order chi connectivity index (χ0) is 4.50. The molecule has 2 N–H and O–H groups in total. The first-order valence-corrected chi connectivity index (χ1v) is 5.46. The van der Waals surface area contributed by atoms with Crippen molar-refractivity contribution in [3.63, 3.8) is 0 Å². The summed E-state index contributed by atoms with van der Waals surface area (Å²) in [6, 6.07) is 0. The van der Waals surface area contributed by atoms with Crippen LogP contribution in [0.1, 0.15) is 0 Å². The van der Waals surface area contributed by atoms with Crippen molar-refractivity contribution >= 4 is 0 Å². The van der Waals surface area contributed by atoms with Crippen LogP contribution >= 0.6 is 0 Å². The first-order valence-electron chi connectivity index (χ1n) is 0.667. The molecule has 0 aliphatic heterocycles. The van der Waals surface area contributed by atoms with Crippen LogP contribution < -0.4 is 7.52 Å². The fourth-order valence-corrected chi connectivity index (χ4v) is 0. The van der Waals surface area contributed by atoms with Crippen LogP contribution in [0.4, 0.5) is 0 Å². The Bertz CT molecular complexity index is 91.2. The van der Waals surface area contributed by atoms with Gasteiger partial charge in [0, 0.05) is 0 Å². The topological polar surface area (TPSA) is 112 Å². The van der Waals surface area contributed by atoms with Crippen LogP contribution in [0, 0.1) is 0 Å². The number of rotatable bonds is 0. The Morgan fingerprint density at radius 2 is 1.14 bits per heavy atom. The third-order valence-corrected chi connectivity index (χ3v) is 0. The van der Waals surface area contributed by atoms with E-state index < -0.39 is 16.7 Å². The van der Waals surface area contributed by atoms with E-state index in [9.17, 15) is 0 Å². The van der Waals surface area contributed by atoms with E-state index >= 15 is 0 Å². The second-order valence-corrected chi connectivity index (χ2v) is 3.34. The quantitative estimate of drug-likeness (QED) is 0.430. The molecular formula is H2CuO5W. The van der Waals surface area contributed by atoms with Crippen molar-refractivity contribution in [2.24, 2.45) is 0 Å². The van der Waals surface area contributed by atoms with Crippen LogP contribution in [-0.4, -0.2) is 5.48 Å². The Hall–Kier alpha value is 0.688. The normalized spacial score (nSPS) is 8.29. The van der Waals surface area contributed by atoms with E-state index in [4.69, 9.17) is 14.3 Å². The van der Waals surface area contributed by atoms with E-state index in [1.54, 1.807) is 0 Å². The van der Waals surface area contributed by atoms with Crippen LogP contribution in [0.15, 0.2) is 0 Å². The average Bonchev–Trinajstić information content (AvgIpc) is 0.722. The van der Waals surface area contributed by atoms with Gasteiger partial charge in [-0.1, -0.05) is 0 Å². The SMILES string of the molecule is O.[Cu+2].[O]=[W](=[O])([O-])[O-]. The molecule has 0 saturated carbocycles. The molecule has 1 radical (unpaired) electrons. The molecule has 7 heteroatoms. The van der Waals surface area contributed by atoms with E-state index in [0.717, 1.165) is 0 Å². The van der Waals surface area contributed by atoms with Gasteiger partial charge in [0.05, 0.1) is 0 Å². The van der Waals surface area contributed by atoms with E-state index in [-0.39, 0.29) is 22.5 Å². The molecule has 49 valence electrons. The molecule has 5 nitrogen and oxygen atoms in total. The molecule has 0 aromatic rings. The summed E-state index contributed by atoms with van der Waals surface area (Å²) in [7, 11) is 0. The van der Waals surface area contributed by atoms with E-state index in [2.05, 4.69) is 0 Å². The average molecular weight is 329 g/mol. The van der Waals surface area contributed by atoms with Gasteiger partial charge in [-0.25, -0.2) is 0 Å². The molecule has 0 spiro atoms. The van der Waals surface area contributed by atoms with Gasteiger partial charge in [-0.05, 0) is 0 Å². The van der Waals surface area contributed by atoms with Crippen molar-refractivity contribution in [3.8, 4) is 0 Å². The molecule has 0 aliphatic rings. The zero-order valence-electron chi connectivity index (χ0n) is 2.84. The van der Waals surface area contributed by atoms with Crippen LogP contribution in [0.3, 0.4) is 0 Å². The van der Waals surface area contributed by atoms with Crippen LogP contribution in [0.25, 0.3) is 0 Å². The molecule has 0 bridgehead atoms. The van der Waals surface area contributed by atoms with Gasteiger partial charge in [0.25, 0.3) is 0 Å². The summed E-state index contributed by atoms with van der Waals surface area (Å²) in [6.45, 7) is 0. The molecule has 0 aliphatic carbocycles. The number of hydrogen-bond acceptors (Lipinski definition) is 4. The molecule has 0 amide bonds. The minimum absolute atomic E-state index is 0. The second-order valence-electron chi connectivity index (χ2n) is 0.408. The first kappa shape index (κ1) is 15.6. The van der Waals surface area contributed by atoms with E-state index in [1.165, 1.54) is 0 Å². The Kier molecular flexibility index (Phi) is 10.8. The number of hydrogen-bond donors (Lipinski definition) is 0. The fraction of sp³-hybridized carbons (Fsp3) is 0. The van der Waals surface area contributed by atoms with Crippen molar-refractivity contribution < 1.29 is 53.6 Å². The molecule has 0 rings (SSSR count). The fourth-order valence-electron chi connectivity index (χ4n) is 0. The van der Waals surface area contributed by atoms with Gasteiger partial charge in [0.15, 0.2) is 0 Å². The van der Waals surface area contributed by atoms with Gasteiger partial charge in [-0.3, -0.25) is 0 Å². The molecule has 0 atom stereocenters. The second kappa shape index (κ2) is 4.84. The van der Waals surface area contributed by atoms with Crippen LogP contribution in [-0.2, 0) is 40.6 Å². The van der Waals surface area contributed by atoms with Gasteiger partial charge in [0.1, 0.15) is 0 Å². The van der Waals surface area contributed by atoms with Crippen LogP contribution in [0.2, 0.25) is 0 Å². The predicted octanol–water partition coefficient (Wildman–Crippen LogP) is -3.45. The third-order valence-electron chi connectivity index (χ3n) is 0. The summed E-state index contributed by atoms with van der Waals surface area (Å²) in [5.74, 6) is 0. The Balaban J connectivity index is -0.0000000800. The minimum atomic E-state index is -6.17. The monoisotopic (exact) mass is 329 g/mol. The van der Waals surface area contributed by atoms with Gasteiger partial charge in [-0.2, -0.15) is 0 Å². The maximum absolute atomic E-state index is 8.65. The Morgan fingerprint density at radius 3 is 1.14 bits per heavy atom. The van der Waals surface area contributed by atoms with Gasteiger partial charge < -0.3 is 5.48 Å². The van der Waals surface area contributed by atoms with Crippen molar-refractivity contribution in [3.05, 3.63) is 0 Å². The van der Waals surface area contributed by atoms with Crippen LogP contribution in [0.5, 0.6) is 0 Å². The van der Waals surface area contributed by atoms with E-state index in [0.29, 0.717) is 0 Å². The molecule has 7 heavy (non-hydrogen) atoms. The van der Waals surface area contributed by atoms with Gasteiger partial charge in [-0.15, -0.1) is 0 Å². The first-order chi connectivity index (χ1) is 2.00. The van der Waals surface area contributed by atoms with Crippen molar-refractivity contribution in [1.82, 2.24) is 0 Å². The summed E-state index contributed by atoms with van der Waals surface area (Å²) in [4.78, 5) is 0. The van der Waals surface area contributed by atoms with Crippen molar-refractivity contribution in [2.45, 2.75) is 0 Å². The standard InChI is InChI=1S/Cu.H2O.4O.W/h;1H2;;;;;/q+2;;;;2*-1;. The van der Waals surface area contributed by atoms with Gasteiger partial charge in [0.2, 0.25) is 0 Å². The third kappa shape index (κ3) is 311. The van der Waals surface area contributed by atoms with Crippen molar-refractivity contribution in [1.29, 1.82) is 0 Å². The predicted molar refractivity (Wildman–Crippen MR) is 4.99 cm³/mol. The molecular weight excluding hydrogens is 327 g/mol. The molecule has 0 aromatic heterocycles. The summed E-state index contributed by atoms with van der Waals surface area (Å²) in [5.41, 5.74) is 0. The summed E-state index contributed by atoms with van der Waals surface area (Å²) < 4.78 is 34.6. The molecule has 0 saturated heterocycles. The molecule has 0 aromatic carbocycles. The van der Waals surface area contributed by atoms with E-state index in [1.807, 2.05) is 0 Å². The molecule has 0 fully saturated rings. The summed E-state index contributed by atoms with van der Waals surface area (Å²) in [5, 5.41) is 0. The zero-order valence-corrected chi connectivity index (χ0v) is 6.72. The van der Waals surface area contributed by atoms with Crippen molar-refractivity contribution in [2.75, 3.05) is 0 Å². The molecule has 0 heterocycles. The molecule has 0 unspecified atom stereocenters. The van der Waals surface area contributed by atoms with Gasteiger partial charge >= 0.3 is 48.1 Å². The Morgan fingerprint density at radius 1 is 1.14 bits per heavy atom. The summed E-state index contributed by atoms with van der Waals surface area (Å²) in [6.07, 6.45) is 0. The maximum atomic E-state index is 8.65. The Labute approximate surface area is 53.8 Å².